The molecule has 5 heteroatoms. The molecule has 0 fully saturated rings. The molecule has 2 rings (SSSR count). The number of hydrogen-bond acceptors (Lipinski definition) is 3. The van der Waals surface area contributed by atoms with E-state index in [0.29, 0.717) is 18.0 Å². The van der Waals surface area contributed by atoms with Gasteiger partial charge in [0.2, 0.25) is 5.91 Å². The molecule has 0 heterocycles. The van der Waals surface area contributed by atoms with Gasteiger partial charge >= 0.3 is 0 Å². The second-order valence-electron chi connectivity index (χ2n) is 4.67. The Bertz CT molecular complexity index is 624. The number of nitrogen functional groups attached to an aromatic ring is 1. The lowest BCUT2D eigenvalue weighted by Gasteiger charge is -2.11. The zero-order chi connectivity index (χ0) is 15.2. The number of nitrogens with two attached hydrogens (primary N) is 1. The Morgan fingerprint density at radius 2 is 2.00 bits per heavy atom. The van der Waals surface area contributed by atoms with Gasteiger partial charge in [0, 0.05) is 4.47 Å². The van der Waals surface area contributed by atoms with Crippen LogP contribution >= 0.6 is 15.9 Å². The van der Waals surface area contributed by atoms with E-state index in [1.54, 1.807) is 6.07 Å². The highest BCUT2D eigenvalue weighted by Gasteiger charge is 2.08. The predicted molar refractivity (Wildman–Crippen MR) is 88.0 cm³/mol. The van der Waals surface area contributed by atoms with Crippen molar-refractivity contribution in [2.45, 2.75) is 13.5 Å². The number of hydrogen-bond donors (Lipinski definition) is 2. The zero-order valence-corrected chi connectivity index (χ0v) is 13.3. The first kappa shape index (κ1) is 15.5. The topological polar surface area (TPSA) is 64.3 Å². The van der Waals surface area contributed by atoms with Crippen molar-refractivity contribution < 1.29 is 9.53 Å². The number of rotatable bonds is 5. The van der Waals surface area contributed by atoms with Crippen LogP contribution in [0.15, 0.2) is 46.9 Å². The minimum absolute atomic E-state index is 0.0187. The monoisotopic (exact) mass is 348 g/mol. The van der Waals surface area contributed by atoms with E-state index in [-0.39, 0.29) is 12.5 Å². The van der Waals surface area contributed by atoms with Crippen molar-refractivity contribution in [3.8, 4) is 0 Å². The summed E-state index contributed by atoms with van der Waals surface area (Å²) in [5, 5.41) is 2.78. The molecule has 2 aromatic carbocycles. The van der Waals surface area contributed by atoms with E-state index in [2.05, 4.69) is 21.2 Å². The van der Waals surface area contributed by atoms with Crippen molar-refractivity contribution in [3.63, 3.8) is 0 Å². The van der Waals surface area contributed by atoms with Crippen LogP contribution in [0.2, 0.25) is 0 Å². The highest BCUT2D eigenvalue weighted by molar-refractivity contribution is 9.10. The summed E-state index contributed by atoms with van der Waals surface area (Å²) in [5.41, 5.74) is 8.97. The third-order valence-corrected chi connectivity index (χ3v) is 3.79. The van der Waals surface area contributed by atoms with Crippen molar-refractivity contribution >= 4 is 33.2 Å². The lowest BCUT2D eigenvalue weighted by molar-refractivity contribution is -0.121. The molecule has 1 amide bonds. The summed E-state index contributed by atoms with van der Waals surface area (Å²) in [4.78, 5) is 11.9. The second-order valence-corrected chi connectivity index (χ2v) is 5.53. The fourth-order valence-electron chi connectivity index (χ4n) is 1.91. The Balaban J connectivity index is 1.87. The first-order valence-electron chi connectivity index (χ1n) is 6.54. The summed E-state index contributed by atoms with van der Waals surface area (Å²) < 4.78 is 6.40. The van der Waals surface area contributed by atoms with Crippen LogP contribution in [0.3, 0.4) is 0 Å². The average Bonchev–Trinajstić information content (AvgIpc) is 2.45. The third kappa shape index (κ3) is 4.31. The Morgan fingerprint density at radius 3 is 2.71 bits per heavy atom. The largest absolute Gasteiger partial charge is 0.397 e. The van der Waals surface area contributed by atoms with E-state index in [4.69, 9.17) is 10.5 Å². The summed E-state index contributed by atoms with van der Waals surface area (Å²) in [6, 6.07) is 13.2. The molecule has 4 nitrogen and oxygen atoms in total. The molecule has 21 heavy (non-hydrogen) atoms. The van der Waals surface area contributed by atoms with Gasteiger partial charge in [0.05, 0.1) is 18.0 Å². The minimum atomic E-state index is -0.219. The molecule has 0 spiro atoms. The molecule has 2 aromatic rings. The number of para-hydroxylation sites is 1. The average molecular weight is 349 g/mol. The summed E-state index contributed by atoms with van der Waals surface area (Å²) in [6.45, 7) is 2.25. The van der Waals surface area contributed by atoms with E-state index in [1.165, 1.54) is 0 Å². The molecule has 0 radical (unpaired) electrons. The Labute approximate surface area is 132 Å². The Morgan fingerprint density at radius 1 is 1.24 bits per heavy atom. The summed E-state index contributed by atoms with van der Waals surface area (Å²) in [7, 11) is 0. The molecule has 0 aliphatic carbocycles. The maximum atomic E-state index is 11.9. The number of aryl methyl sites for hydroxylation is 1. The minimum Gasteiger partial charge on any atom is -0.397 e. The van der Waals surface area contributed by atoms with Crippen LogP contribution < -0.4 is 11.1 Å². The van der Waals surface area contributed by atoms with Gasteiger partial charge < -0.3 is 15.8 Å². The van der Waals surface area contributed by atoms with Gasteiger partial charge in [-0.3, -0.25) is 4.79 Å². The van der Waals surface area contributed by atoms with Gasteiger partial charge in [-0.15, -0.1) is 0 Å². The highest BCUT2D eigenvalue weighted by atomic mass is 79.9. The molecule has 0 atom stereocenters. The van der Waals surface area contributed by atoms with Gasteiger partial charge in [-0.2, -0.15) is 0 Å². The maximum absolute atomic E-state index is 11.9. The lowest BCUT2D eigenvalue weighted by atomic mass is 10.1. The molecule has 0 saturated carbocycles. The molecule has 0 saturated heterocycles. The smallest absolute Gasteiger partial charge is 0.250 e. The predicted octanol–water partition coefficient (Wildman–Crippen LogP) is 3.50. The number of benzene rings is 2. The van der Waals surface area contributed by atoms with Crippen molar-refractivity contribution in [1.82, 2.24) is 0 Å². The van der Waals surface area contributed by atoms with Crippen molar-refractivity contribution in [3.05, 3.63) is 58.1 Å². The van der Waals surface area contributed by atoms with Crippen LogP contribution in [0.5, 0.6) is 0 Å². The third-order valence-electron chi connectivity index (χ3n) is 3.02. The molecule has 0 unspecified atom stereocenters. The molecule has 0 bridgehead atoms. The highest BCUT2D eigenvalue weighted by Crippen LogP contribution is 2.22. The van der Waals surface area contributed by atoms with Crippen LogP contribution in [-0.4, -0.2) is 12.5 Å². The van der Waals surface area contributed by atoms with E-state index in [9.17, 15) is 4.79 Å². The molecule has 110 valence electrons. The van der Waals surface area contributed by atoms with Crippen LogP contribution in [0.4, 0.5) is 11.4 Å². The van der Waals surface area contributed by atoms with Gasteiger partial charge in [0.25, 0.3) is 0 Å². The van der Waals surface area contributed by atoms with Crippen molar-refractivity contribution in [2.75, 3.05) is 17.7 Å². The van der Waals surface area contributed by atoms with Gasteiger partial charge in [-0.1, -0.05) is 46.3 Å². The SMILES string of the molecule is Cc1cccc(N)c1NC(=O)COCc1ccccc1Br. The van der Waals surface area contributed by atoms with Crippen molar-refractivity contribution in [1.29, 1.82) is 0 Å². The number of amides is 1. The maximum Gasteiger partial charge on any atom is 0.250 e. The zero-order valence-electron chi connectivity index (χ0n) is 11.7. The summed E-state index contributed by atoms with van der Waals surface area (Å²) in [5.74, 6) is -0.219. The molecule has 0 aliphatic rings. The Kier molecular flexibility index (Phi) is 5.36. The van der Waals surface area contributed by atoms with Gasteiger partial charge in [0.1, 0.15) is 6.61 Å². The summed E-state index contributed by atoms with van der Waals surface area (Å²) in [6.07, 6.45) is 0. The number of nitrogens with one attached hydrogen (secondary N) is 1. The quantitative estimate of drug-likeness (QED) is 0.812. The van der Waals surface area contributed by atoms with Crippen LogP contribution in [0.25, 0.3) is 0 Å². The standard InChI is InChI=1S/C16H17BrN2O2/c1-11-5-4-8-14(18)16(11)19-15(20)10-21-9-12-6-2-3-7-13(12)17/h2-8H,9-10,18H2,1H3,(H,19,20). The van der Waals surface area contributed by atoms with Crippen LogP contribution in [0.1, 0.15) is 11.1 Å². The summed E-state index contributed by atoms with van der Waals surface area (Å²) >= 11 is 3.44. The number of carbonyl (C=O) groups is 1. The lowest BCUT2D eigenvalue weighted by Crippen LogP contribution is -2.19. The fraction of sp³-hybridized carbons (Fsp3) is 0.188. The fourth-order valence-corrected chi connectivity index (χ4v) is 2.31. The molecular formula is C16H17BrN2O2. The molecule has 0 aromatic heterocycles. The molecular weight excluding hydrogens is 332 g/mol. The van der Waals surface area contributed by atoms with Crippen LogP contribution in [0, 0.1) is 6.92 Å². The van der Waals surface area contributed by atoms with Crippen molar-refractivity contribution in [2.24, 2.45) is 0 Å². The molecule has 0 aliphatic heterocycles. The number of halogens is 1. The number of carbonyl (C=O) groups excluding carboxylic acids is 1. The van der Waals surface area contributed by atoms with E-state index in [1.807, 2.05) is 43.3 Å². The first-order valence-corrected chi connectivity index (χ1v) is 7.33. The van der Waals surface area contributed by atoms with E-state index < -0.39 is 0 Å². The second kappa shape index (κ2) is 7.24. The van der Waals surface area contributed by atoms with Gasteiger partial charge in [-0.05, 0) is 30.2 Å². The van der Waals surface area contributed by atoms with Gasteiger partial charge in [0.15, 0.2) is 0 Å². The van der Waals surface area contributed by atoms with Crippen LogP contribution in [-0.2, 0) is 16.1 Å². The number of ether oxygens (including phenoxy) is 1. The van der Waals surface area contributed by atoms with Gasteiger partial charge in [-0.25, -0.2) is 0 Å². The van der Waals surface area contributed by atoms with E-state index >= 15 is 0 Å². The van der Waals surface area contributed by atoms with E-state index in [0.717, 1.165) is 15.6 Å². The Hall–Kier alpha value is -1.85. The molecule has 3 N–H and O–H groups in total. The first-order chi connectivity index (χ1) is 10.1. The normalized spacial score (nSPS) is 10.4. The number of anilines is 2.